The standard InChI is InChI=1S/C11H14ClNO/c1-14-11-5-4-9(8-10(11)12)13-6-2-3-7-13/h4-5,8H,2-3,6-7H2,1H3. The number of anilines is 1. The zero-order valence-electron chi connectivity index (χ0n) is 8.29. The van der Waals surface area contributed by atoms with Crippen LogP contribution in [-0.2, 0) is 0 Å². The molecule has 0 saturated carbocycles. The van der Waals surface area contributed by atoms with Crippen molar-refractivity contribution in [1.29, 1.82) is 0 Å². The van der Waals surface area contributed by atoms with Gasteiger partial charge in [-0.3, -0.25) is 0 Å². The fourth-order valence-electron chi connectivity index (χ4n) is 1.83. The van der Waals surface area contributed by atoms with E-state index in [1.54, 1.807) is 7.11 Å². The number of halogens is 1. The third-order valence-corrected chi connectivity index (χ3v) is 2.90. The Morgan fingerprint density at radius 2 is 2.00 bits per heavy atom. The maximum atomic E-state index is 6.06. The number of hydrogen-bond donors (Lipinski definition) is 0. The lowest BCUT2D eigenvalue weighted by Gasteiger charge is -2.18. The van der Waals surface area contributed by atoms with Crippen LogP contribution in [0.1, 0.15) is 12.8 Å². The lowest BCUT2D eigenvalue weighted by atomic mass is 10.3. The van der Waals surface area contributed by atoms with Crippen LogP contribution in [0.15, 0.2) is 18.2 Å². The van der Waals surface area contributed by atoms with Crippen molar-refractivity contribution in [1.82, 2.24) is 0 Å². The number of methoxy groups -OCH3 is 1. The second-order valence-corrected chi connectivity index (χ2v) is 3.92. The molecule has 1 aromatic carbocycles. The first kappa shape index (κ1) is 9.66. The summed E-state index contributed by atoms with van der Waals surface area (Å²) < 4.78 is 5.11. The van der Waals surface area contributed by atoms with Gasteiger partial charge in [-0.2, -0.15) is 0 Å². The molecular formula is C11H14ClNO. The van der Waals surface area contributed by atoms with Crippen molar-refractivity contribution in [2.24, 2.45) is 0 Å². The van der Waals surface area contributed by atoms with Gasteiger partial charge in [0.05, 0.1) is 12.1 Å². The summed E-state index contributed by atoms with van der Waals surface area (Å²) in [5, 5.41) is 0.692. The van der Waals surface area contributed by atoms with E-state index in [1.165, 1.54) is 18.5 Å². The predicted octanol–water partition coefficient (Wildman–Crippen LogP) is 2.95. The molecular weight excluding hydrogens is 198 g/mol. The monoisotopic (exact) mass is 211 g/mol. The van der Waals surface area contributed by atoms with Crippen LogP contribution in [0.3, 0.4) is 0 Å². The van der Waals surface area contributed by atoms with Crippen molar-refractivity contribution < 1.29 is 4.74 Å². The van der Waals surface area contributed by atoms with Gasteiger partial charge in [-0.05, 0) is 31.0 Å². The molecule has 0 aliphatic carbocycles. The molecule has 1 aromatic rings. The number of hydrogen-bond acceptors (Lipinski definition) is 2. The number of benzene rings is 1. The fraction of sp³-hybridized carbons (Fsp3) is 0.455. The van der Waals surface area contributed by atoms with Crippen molar-refractivity contribution in [2.75, 3.05) is 25.1 Å². The van der Waals surface area contributed by atoms with Crippen LogP contribution in [0.4, 0.5) is 5.69 Å². The highest BCUT2D eigenvalue weighted by atomic mass is 35.5. The highest BCUT2D eigenvalue weighted by molar-refractivity contribution is 6.32. The van der Waals surface area contributed by atoms with Crippen LogP contribution in [0.2, 0.25) is 5.02 Å². The van der Waals surface area contributed by atoms with Crippen LogP contribution in [0.5, 0.6) is 5.75 Å². The molecule has 76 valence electrons. The van der Waals surface area contributed by atoms with Gasteiger partial charge < -0.3 is 9.64 Å². The van der Waals surface area contributed by atoms with Crippen LogP contribution in [0.25, 0.3) is 0 Å². The molecule has 0 unspecified atom stereocenters. The number of rotatable bonds is 2. The van der Waals surface area contributed by atoms with E-state index in [2.05, 4.69) is 11.0 Å². The van der Waals surface area contributed by atoms with Gasteiger partial charge in [0.1, 0.15) is 5.75 Å². The predicted molar refractivity (Wildman–Crippen MR) is 59.5 cm³/mol. The average Bonchev–Trinajstić information content (AvgIpc) is 2.70. The molecule has 3 heteroatoms. The maximum absolute atomic E-state index is 6.06. The van der Waals surface area contributed by atoms with E-state index in [0.717, 1.165) is 18.8 Å². The Balaban J connectivity index is 2.23. The minimum absolute atomic E-state index is 0.692. The minimum atomic E-state index is 0.692. The smallest absolute Gasteiger partial charge is 0.137 e. The molecule has 0 spiro atoms. The second kappa shape index (κ2) is 4.09. The average molecular weight is 212 g/mol. The van der Waals surface area contributed by atoms with Crippen molar-refractivity contribution in [3.05, 3.63) is 23.2 Å². The molecule has 1 fully saturated rings. The maximum Gasteiger partial charge on any atom is 0.137 e. The van der Waals surface area contributed by atoms with Crippen molar-refractivity contribution in [3.8, 4) is 5.75 Å². The number of ether oxygens (including phenoxy) is 1. The third-order valence-electron chi connectivity index (χ3n) is 2.61. The number of nitrogens with zero attached hydrogens (tertiary/aromatic N) is 1. The van der Waals surface area contributed by atoms with Crippen molar-refractivity contribution in [3.63, 3.8) is 0 Å². The Hall–Kier alpha value is -0.890. The molecule has 0 aromatic heterocycles. The molecule has 1 aliphatic heterocycles. The summed E-state index contributed by atoms with van der Waals surface area (Å²) in [6.45, 7) is 2.28. The summed E-state index contributed by atoms with van der Waals surface area (Å²) in [5.41, 5.74) is 1.20. The largest absolute Gasteiger partial charge is 0.495 e. The Labute approximate surface area is 89.4 Å². The van der Waals surface area contributed by atoms with E-state index in [9.17, 15) is 0 Å². The highest BCUT2D eigenvalue weighted by Crippen LogP contribution is 2.30. The molecule has 0 radical (unpaired) electrons. The summed E-state index contributed by atoms with van der Waals surface area (Å²) in [4.78, 5) is 2.35. The summed E-state index contributed by atoms with van der Waals surface area (Å²) in [5.74, 6) is 0.745. The fourth-order valence-corrected chi connectivity index (χ4v) is 2.08. The zero-order valence-corrected chi connectivity index (χ0v) is 9.05. The molecule has 1 saturated heterocycles. The first-order chi connectivity index (χ1) is 6.81. The van der Waals surface area contributed by atoms with Gasteiger partial charge in [0.2, 0.25) is 0 Å². The van der Waals surface area contributed by atoms with E-state index < -0.39 is 0 Å². The van der Waals surface area contributed by atoms with Gasteiger partial charge in [0.15, 0.2) is 0 Å². The van der Waals surface area contributed by atoms with E-state index in [0.29, 0.717) is 5.02 Å². The summed E-state index contributed by atoms with van der Waals surface area (Å²) in [6.07, 6.45) is 2.56. The highest BCUT2D eigenvalue weighted by Gasteiger charge is 2.13. The molecule has 14 heavy (non-hydrogen) atoms. The first-order valence-electron chi connectivity index (χ1n) is 4.90. The summed E-state index contributed by atoms with van der Waals surface area (Å²) in [7, 11) is 1.64. The van der Waals surface area contributed by atoms with E-state index >= 15 is 0 Å². The zero-order chi connectivity index (χ0) is 9.97. The van der Waals surface area contributed by atoms with Crippen LogP contribution < -0.4 is 9.64 Å². The first-order valence-corrected chi connectivity index (χ1v) is 5.27. The van der Waals surface area contributed by atoms with Gasteiger partial charge in [0.25, 0.3) is 0 Å². The van der Waals surface area contributed by atoms with Gasteiger partial charge in [-0.15, -0.1) is 0 Å². The van der Waals surface area contributed by atoms with Crippen molar-refractivity contribution in [2.45, 2.75) is 12.8 Å². The molecule has 1 aliphatic rings. The van der Waals surface area contributed by atoms with Crippen LogP contribution in [-0.4, -0.2) is 20.2 Å². The van der Waals surface area contributed by atoms with Crippen LogP contribution >= 0.6 is 11.6 Å². The Kier molecular flexibility index (Phi) is 2.82. The Bertz CT molecular complexity index is 321. The van der Waals surface area contributed by atoms with E-state index in [4.69, 9.17) is 16.3 Å². The van der Waals surface area contributed by atoms with Gasteiger partial charge in [0, 0.05) is 18.8 Å². The molecule has 2 nitrogen and oxygen atoms in total. The topological polar surface area (TPSA) is 12.5 Å². The lowest BCUT2D eigenvalue weighted by molar-refractivity contribution is 0.415. The minimum Gasteiger partial charge on any atom is -0.495 e. The molecule has 0 N–H and O–H groups in total. The Morgan fingerprint density at radius 3 is 2.57 bits per heavy atom. The Morgan fingerprint density at radius 1 is 1.29 bits per heavy atom. The normalized spacial score (nSPS) is 16.0. The van der Waals surface area contributed by atoms with E-state index in [1.807, 2.05) is 12.1 Å². The SMILES string of the molecule is COc1ccc(N2CCCC2)cc1Cl. The third kappa shape index (κ3) is 1.80. The van der Waals surface area contributed by atoms with Crippen LogP contribution in [0, 0.1) is 0 Å². The summed E-state index contributed by atoms with van der Waals surface area (Å²) in [6, 6.07) is 5.97. The molecule has 0 bridgehead atoms. The second-order valence-electron chi connectivity index (χ2n) is 3.51. The molecule has 2 rings (SSSR count). The lowest BCUT2D eigenvalue weighted by Crippen LogP contribution is -2.17. The summed E-state index contributed by atoms with van der Waals surface area (Å²) >= 11 is 6.06. The molecule has 0 atom stereocenters. The van der Waals surface area contributed by atoms with Crippen molar-refractivity contribution >= 4 is 17.3 Å². The van der Waals surface area contributed by atoms with Gasteiger partial charge in [-0.1, -0.05) is 11.6 Å². The van der Waals surface area contributed by atoms with E-state index in [-0.39, 0.29) is 0 Å². The molecule has 0 amide bonds. The van der Waals surface area contributed by atoms with Gasteiger partial charge in [-0.25, -0.2) is 0 Å². The van der Waals surface area contributed by atoms with Gasteiger partial charge >= 0.3 is 0 Å². The quantitative estimate of drug-likeness (QED) is 0.746. The molecule has 1 heterocycles.